The Morgan fingerprint density at radius 3 is 2.57 bits per heavy atom. The molecule has 1 heterocycles. The van der Waals surface area contributed by atoms with E-state index in [0.29, 0.717) is 5.75 Å². The Morgan fingerprint density at radius 1 is 1.19 bits per heavy atom. The predicted molar refractivity (Wildman–Crippen MR) is 84.2 cm³/mol. The molecule has 7 heteroatoms. The van der Waals surface area contributed by atoms with E-state index < -0.39 is 5.97 Å². The normalized spacial score (nSPS) is 10.2. The van der Waals surface area contributed by atoms with Crippen LogP contribution in [0.1, 0.15) is 10.4 Å². The molecule has 0 unspecified atom stereocenters. The van der Waals surface area contributed by atoms with Crippen molar-refractivity contribution in [1.29, 1.82) is 0 Å². The van der Waals surface area contributed by atoms with E-state index in [-0.39, 0.29) is 29.0 Å². The summed E-state index contributed by atoms with van der Waals surface area (Å²) < 4.78 is 11.4. The lowest BCUT2D eigenvalue weighted by molar-refractivity contribution is 0.0450. The Bertz CT molecular complexity index is 635. The molecule has 110 valence electrons. The van der Waals surface area contributed by atoms with Gasteiger partial charge >= 0.3 is 5.97 Å². The number of carbonyl (C=O) groups is 1. The van der Waals surface area contributed by atoms with E-state index in [1.165, 1.54) is 12.3 Å². The first-order chi connectivity index (χ1) is 10.1. The van der Waals surface area contributed by atoms with E-state index in [9.17, 15) is 4.79 Å². The van der Waals surface area contributed by atoms with Gasteiger partial charge in [-0.05, 0) is 30.3 Å². The molecule has 0 saturated carbocycles. The highest BCUT2D eigenvalue weighted by Gasteiger charge is 2.10. The van der Waals surface area contributed by atoms with Gasteiger partial charge in [-0.25, -0.2) is 9.78 Å². The van der Waals surface area contributed by atoms with Gasteiger partial charge < -0.3 is 9.47 Å². The van der Waals surface area contributed by atoms with Crippen molar-refractivity contribution in [2.24, 2.45) is 0 Å². The molecule has 0 N–H and O–H groups in total. The van der Waals surface area contributed by atoms with Gasteiger partial charge in [0.05, 0.1) is 10.6 Å². The molecule has 2 rings (SSSR count). The van der Waals surface area contributed by atoms with Crippen LogP contribution in [0.5, 0.6) is 5.75 Å². The average Bonchev–Trinajstić information content (AvgIpc) is 2.48. The van der Waals surface area contributed by atoms with Crippen LogP contribution in [0.4, 0.5) is 0 Å². The molecule has 0 aliphatic carbocycles. The Labute approximate surface area is 140 Å². The van der Waals surface area contributed by atoms with Crippen LogP contribution in [0, 0.1) is 0 Å². The van der Waals surface area contributed by atoms with Crippen molar-refractivity contribution in [3.63, 3.8) is 0 Å². The summed E-state index contributed by atoms with van der Waals surface area (Å²) in [5.74, 6) is 0.172. The SMILES string of the molecule is O=C(OCCOc1ccc(Br)cc1)c1cnc(Cl)c(Cl)c1. The number of halogens is 3. The van der Waals surface area contributed by atoms with Gasteiger partial charge in [-0.15, -0.1) is 0 Å². The molecule has 0 atom stereocenters. The van der Waals surface area contributed by atoms with E-state index in [4.69, 9.17) is 32.7 Å². The molecule has 0 aliphatic heterocycles. The number of nitrogens with zero attached hydrogens (tertiary/aromatic N) is 1. The summed E-state index contributed by atoms with van der Waals surface area (Å²) in [5, 5.41) is 0.351. The summed E-state index contributed by atoms with van der Waals surface area (Å²) in [6.45, 7) is 0.372. The molecule has 0 bridgehead atoms. The lowest BCUT2D eigenvalue weighted by Gasteiger charge is -2.07. The minimum atomic E-state index is -0.527. The molecule has 0 spiro atoms. The molecule has 0 saturated heterocycles. The predicted octanol–water partition coefficient (Wildman–Crippen LogP) is 4.39. The Balaban J connectivity index is 1.79. The van der Waals surface area contributed by atoms with Crippen LogP contribution in [0.15, 0.2) is 41.0 Å². The molecule has 4 nitrogen and oxygen atoms in total. The Kier molecular flexibility index (Phi) is 5.85. The van der Waals surface area contributed by atoms with E-state index in [1.54, 1.807) is 0 Å². The van der Waals surface area contributed by atoms with Crippen molar-refractivity contribution in [2.75, 3.05) is 13.2 Å². The second kappa shape index (κ2) is 7.64. The summed E-state index contributed by atoms with van der Waals surface area (Å²) >= 11 is 14.8. The number of rotatable bonds is 5. The topological polar surface area (TPSA) is 48.4 Å². The van der Waals surface area contributed by atoms with Gasteiger partial charge in [0, 0.05) is 10.7 Å². The summed E-state index contributed by atoms with van der Waals surface area (Å²) in [4.78, 5) is 15.5. The van der Waals surface area contributed by atoms with Crippen molar-refractivity contribution < 1.29 is 14.3 Å². The van der Waals surface area contributed by atoms with Crippen LogP contribution >= 0.6 is 39.1 Å². The van der Waals surface area contributed by atoms with Crippen LogP contribution in [0.3, 0.4) is 0 Å². The highest BCUT2D eigenvalue weighted by Crippen LogP contribution is 2.20. The number of hydrogen-bond donors (Lipinski definition) is 0. The number of carbonyl (C=O) groups excluding carboxylic acids is 1. The van der Waals surface area contributed by atoms with Gasteiger partial charge in [-0.3, -0.25) is 0 Å². The fourth-order valence-electron chi connectivity index (χ4n) is 1.44. The van der Waals surface area contributed by atoms with Crippen molar-refractivity contribution in [3.05, 3.63) is 56.7 Å². The van der Waals surface area contributed by atoms with Gasteiger partial charge in [0.25, 0.3) is 0 Å². The van der Waals surface area contributed by atoms with Gasteiger partial charge in [0.15, 0.2) is 0 Å². The molecular formula is C14H10BrCl2NO3. The van der Waals surface area contributed by atoms with Crippen molar-refractivity contribution in [2.45, 2.75) is 0 Å². The lowest BCUT2D eigenvalue weighted by Crippen LogP contribution is -2.12. The fourth-order valence-corrected chi connectivity index (χ4v) is 1.97. The minimum Gasteiger partial charge on any atom is -0.490 e. The monoisotopic (exact) mass is 389 g/mol. The Morgan fingerprint density at radius 2 is 1.90 bits per heavy atom. The van der Waals surface area contributed by atoms with Crippen LogP contribution in [0.25, 0.3) is 0 Å². The molecule has 1 aromatic carbocycles. The van der Waals surface area contributed by atoms with Crippen LogP contribution in [-0.2, 0) is 4.74 Å². The molecular weight excluding hydrogens is 381 g/mol. The third-order valence-electron chi connectivity index (χ3n) is 2.43. The molecule has 0 aliphatic rings. The first kappa shape index (κ1) is 16.1. The van der Waals surface area contributed by atoms with Gasteiger partial charge in [-0.1, -0.05) is 39.1 Å². The minimum absolute atomic E-state index is 0.120. The number of pyridine rings is 1. The van der Waals surface area contributed by atoms with Gasteiger partial charge in [0.2, 0.25) is 0 Å². The summed E-state index contributed by atoms with van der Waals surface area (Å²) in [5.41, 5.74) is 0.244. The lowest BCUT2D eigenvalue weighted by atomic mass is 10.3. The van der Waals surface area contributed by atoms with Crippen LogP contribution in [0.2, 0.25) is 10.2 Å². The van der Waals surface area contributed by atoms with Gasteiger partial charge in [0.1, 0.15) is 24.1 Å². The standard InChI is InChI=1S/C14H10BrCl2NO3/c15-10-1-3-11(4-2-10)20-5-6-21-14(19)9-7-12(16)13(17)18-8-9/h1-4,7-8H,5-6H2. The maximum Gasteiger partial charge on any atom is 0.339 e. The average molecular weight is 391 g/mol. The van der Waals surface area contributed by atoms with Gasteiger partial charge in [-0.2, -0.15) is 0 Å². The number of esters is 1. The maximum absolute atomic E-state index is 11.7. The van der Waals surface area contributed by atoms with E-state index in [1.807, 2.05) is 24.3 Å². The number of ether oxygens (including phenoxy) is 2. The molecule has 1 aromatic heterocycles. The second-order valence-corrected chi connectivity index (χ2v) is 5.62. The number of aromatic nitrogens is 1. The highest BCUT2D eigenvalue weighted by atomic mass is 79.9. The van der Waals surface area contributed by atoms with Crippen LogP contribution in [-0.4, -0.2) is 24.2 Å². The first-order valence-corrected chi connectivity index (χ1v) is 7.47. The summed E-state index contributed by atoms with van der Waals surface area (Å²) in [6.07, 6.45) is 1.31. The molecule has 0 amide bonds. The highest BCUT2D eigenvalue weighted by molar-refractivity contribution is 9.10. The molecule has 21 heavy (non-hydrogen) atoms. The summed E-state index contributed by atoms with van der Waals surface area (Å²) in [6, 6.07) is 8.77. The second-order valence-electron chi connectivity index (χ2n) is 3.93. The van der Waals surface area contributed by atoms with Crippen molar-refractivity contribution >= 4 is 45.1 Å². The fraction of sp³-hybridized carbons (Fsp3) is 0.143. The van der Waals surface area contributed by atoms with E-state index in [2.05, 4.69) is 20.9 Å². The van der Waals surface area contributed by atoms with Crippen LogP contribution < -0.4 is 4.74 Å². The Hall–Kier alpha value is -1.30. The van der Waals surface area contributed by atoms with E-state index >= 15 is 0 Å². The zero-order valence-electron chi connectivity index (χ0n) is 10.7. The molecule has 0 radical (unpaired) electrons. The number of benzene rings is 1. The van der Waals surface area contributed by atoms with Crippen molar-refractivity contribution in [1.82, 2.24) is 4.98 Å². The molecule has 2 aromatic rings. The van der Waals surface area contributed by atoms with E-state index in [0.717, 1.165) is 4.47 Å². The zero-order valence-corrected chi connectivity index (χ0v) is 13.8. The first-order valence-electron chi connectivity index (χ1n) is 5.93. The van der Waals surface area contributed by atoms with Crippen molar-refractivity contribution in [3.8, 4) is 5.75 Å². The molecule has 0 fully saturated rings. The smallest absolute Gasteiger partial charge is 0.339 e. The third kappa shape index (κ3) is 4.88. The summed E-state index contributed by atoms with van der Waals surface area (Å²) in [7, 11) is 0. The zero-order chi connectivity index (χ0) is 15.2. The largest absolute Gasteiger partial charge is 0.490 e. The quantitative estimate of drug-likeness (QED) is 0.431. The third-order valence-corrected chi connectivity index (χ3v) is 3.65. The number of hydrogen-bond acceptors (Lipinski definition) is 4. The maximum atomic E-state index is 11.7.